The van der Waals surface area contributed by atoms with Gasteiger partial charge in [-0.15, -0.1) is 0 Å². The van der Waals surface area contributed by atoms with Crippen LogP contribution < -0.4 is 10.1 Å². The molecule has 0 radical (unpaired) electrons. The highest BCUT2D eigenvalue weighted by atomic mass is 16.5. The van der Waals surface area contributed by atoms with Gasteiger partial charge in [0.25, 0.3) is 5.91 Å². The molecule has 208 valence electrons. The number of hydrogen-bond acceptors (Lipinski definition) is 5. The summed E-state index contributed by atoms with van der Waals surface area (Å²) in [6.07, 6.45) is 8.92. The Balaban J connectivity index is 1.08. The van der Waals surface area contributed by atoms with Crippen molar-refractivity contribution in [2.45, 2.75) is 57.6 Å². The Morgan fingerprint density at radius 3 is 2.48 bits per heavy atom. The quantitative estimate of drug-likeness (QED) is 0.299. The number of hydrogen-bond donors (Lipinski definition) is 1. The molecular formula is C33H39N5O2. The molecular weight excluding hydrogens is 498 g/mol. The van der Waals surface area contributed by atoms with Crippen LogP contribution in [0.1, 0.15) is 61.0 Å². The summed E-state index contributed by atoms with van der Waals surface area (Å²) in [5.41, 5.74) is 4.45. The fraction of sp³-hybridized carbons (Fsp3) is 0.424. The van der Waals surface area contributed by atoms with E-state index in [1.807, 2.05) is 49.5 Å². The van der Waals surface area contributed by atoms with Gasteiger partial charge in [-0.3, -0.25) is 4.79 Å². The van der Waals surface area contributed by atoms with Gasteiger partial charge in [0.2, 0.25) is 5.88 Å². The molecule has 1 saturated heterocycles. The normalized spacial score (nSPS) is 17.2. The molecule has 2 fully saturated rings. The zero-order valence-corrected chi connectivity index (χ0v) is 23.4. The third-order valence-electron chi connectivity index (χ3n) is 8.52. The Hall–Kier alpha value is -3.71. The molecule has 40 heavy (non-hydrogen) atoms. The van der Waals surface area contributed by atoms with Crippen LogP contribution in [0.15, 0.2) is 66.7 Å². The van der Waals surface area contributed by atoms with Crippen LogP contribution in [0.5, 0.6) is 5.88 Å². The van der Waals surface area contributed by atoms with E-state index in [1.165, 1.54) is 38.6 Å². The highest BCUT2D eigenvalue weighted by Gasteiger charge is 2.26. The highest BCUT2D eigenvalue weighted by molar-refractivity contribution is 6.04. The molecule has 7 nitrogen and oxygen atoms in total. The molecule has 2 aromatic heterocycles. The van der Waals surface area contributed by atoms with Gasteiger partial charge in [0.05, 0.1) is 5.39 Å². The number of likely N-dealkylation sites (tertiary alicyclic amines) is 1. The first-order chi connectivity index (χ1) is 19.6. The Kier molecular flexibility index (Phi) is 8.09. The van der Waals surface area contributed by atoms with E-state index in [0.717, 1.165) is 53.9 Å². The number of nitrogens with one attached hydrogen (secondary N) is 1. The molecule has 1 amide bonds. The number of fused-ring (bicyclic) bond motifs is 1. The monoisotopic (exact) mass is 537 g/mol. The van der Waals surface area contributed by atoms with Gasteiger partial charge in [0.15, 0.2) is 11.3 Å². The van der Waals surface area contributed by atoms with Crippen LogP contribution in [0.25, 0.3) is 22.2 Å². The number of benzene rings is 2. The second kappa shape index (κ2) is 12.2. The van der Waals surface area contributed by atoms with Crippen molar-refractivity contribution in [3.63, 3.8) is 0 Å². The maximum Gasteiger partial charge on any atom is 0.272 e. The molecule has 2 aliphatic rings. The van der Waals surface area contributed by atoms with Gasteiger partial charge in [-0.25, -0.2) is 4.68 Å². The first-order valence-electron chi connectivity index (χ1n) is 14.8. The van der Waals surface area contributed by atoms with Crippen molar-refractivity contribution in [2.24, 2.45) is 13.0 Å². The molecule has 0 spiro atoms. The molecule has 6 rings (SSSR count). The van der Waals surface area contributed by atoms with Gasteiger partial charge < -0.3 is 15.0 Å². The fourth-order valence-electron chi connectivity index (χ4n) is 6.31. The number of ether oxygens (including phenoxy) is 1. The zero-order chi connectivity index (χ0) is 27.3. The molecule has 1 N–H and O–H groups in total. The lowest BCUT2D eigenvalue weighted by molar-refractivity contribution is 0.0897. The lowest BCUT2D eigenvalue weighted by Crippen LogP contribution is -2.46. The smallest absolute Gasteiger partial charge is 0.272 e. The van der Waals surface area contributed by atoms with Crippen LogP contribution in [-0.4, -0.2) is 51.2 Å². The summed E-state index contributed by atoms with van der Waals surface area (Å²) in [5.74, 6) is 1.25. The standard InChI is InChI=1S/C33H39N5O2/c1-37-32-29(16-17-30(35-32)40-23-26-14-8-9-15-28(26)25-12-6-3-7-13-25)31(36-37)33(39)34-27-18-20-38(21-19-27)22-24-10-4-2-5-11-24/h3,6-9,12-17,24,27H,2,4-5,10-11,18-23H2,1H3,(H,34,39). The minimum Gasteiger partial charge on any atom is -0.473 e. The Morgan fingerprint density at radius 1 is 0.925 bits per heavy atom. The average Bonchev–Trinajstić information content (AvgIpc) is 3.34. The third-order valence-corrected chi connectivity index (χ3v) is 8.52. The Labute approximate surface area is 236 Å². The van der Waals surface area contributed by atoms with Crippen molar-refractivity contribution < 1.29 is 9.53 Å². The van der Waals surface area contributed by atoms with Gasteiger partial charge in [-0.05, 0) is 54.4 Å². The number of nitrogens with zero attached hydrogens (tertiary/aromatic N) is 4. The van der Waals surface area contributed by atoms with Crippen LogP contribution >= 0.6 is 0 Å². The molecule has 7 heteroatoms. The lowest BCUT2D eigenvalue weighted by Gasteiger charge is -2.35. The number of amides is 1. The second-order valence-corrected chi connectivity index (χ2v) is 11.4. The van der Waals surface area contributed by atoms with Gasteiger partial charge in [-0.2, -0.15) is 10.1 Å². The van der Waals surface area contributed by atoms with Crippen LogP contribution in [0.4, 0.5) is 0 Å². The van der Waals surface area contributed by atoms with E-state index in [4.69, 9.17) is 9.72 Å². The van der Waals surface area contributed by atoms with Gasteiger partial charge in [0.1, 0.15) is 6.61 Å². The van der Waals surface area contributed by atoms with Crippen LogP contribution in [-0.2, 0) is 13.7 Å². The van der Waals surface area contributed by atoms with E-state index in [1.54, 1.807) is 4.68 Å². The molecule has 4 aromatic rings. The van der Waals surface area contributed by atoms with Crippen molar-refractivity contribution in [1.29, 1.82) is 0 Å². The minimum absolute atomic E-state index is 0.122. The number of carbonyl (C=O) groups is 1. The maximum absolute atomic E-state index is 13.2. The van der Waals surface area contributed by atoms with Crippen LogP contribution in [0, 0.1) is 5.92 Å². The summed E-state index contributed by atoms with van der Waals surface area (Å²) in [7, 11) is 1.82. The van der Waals surface area contributed by atoms with Crippen LogP contribution in [0.2, 0.25) is 0 Å². The van der Waals surface area contributed by atoms with E-state index in [0.29, 0.717) is 23.8 Å². The van der Waals surface area contributed by atoms with Crippen molar-refractivity contribution >= 4 is 16.9 Å². The summed E-state index contributed by atoms with van der Waals surface area (Å²) < 4.78 is 7.78. The number of piperidine rings is 1. The first-order valence-corrected chi connectivity index (χ1v) is 14.8. The highest BCUT2D eigenvalue weighted by Crippen LogP contribution is 2.27. The maximum atomic E-state index is 13.2. The number of aromatic nitrogens is 3. The Bertz CT molecular complexity index is 1440. The summed E-state index contributed by atoms with van der Waals surface area (Å²) in [4.78, 5) is 20.5. The van der Waals surface area contributed by atoms with Gasteiger partial charge >= 0.3 is 0 Å². The summed E-state index contributed by atoms with van der Waals surface area (Å²) in [5, 5.41) is 8.53. The Morgan fingerprint density at radius 2 is 1.68 bits per heavy atom. The average molecular weight is 538 g/mol. The zero-order valence-electron chi connectivity index (χ0n) is 23.4. The van der Waals surface area contributed by atoms with Crippen molar-refractivity contribution in [1.82, 2.24) is 25.0 Å². The fourth-order valence-corrected chi connectivity index (χ4v) is 6.31. The minimum atomic E-state index is -0.122. The van der Waals surface area contributed by atoms with Crippen molar-refractivity contribution in [3.05, 3.63) is 78.0 Å². The van der Waals surface area contributed by atoms with Crippen molar-refractivity contribution in [2.75, 3.05) is 19.6 Å². The van der Waals surface area contributed by atoms with E-state index in [9.17, 15) is 4.79 Å². The molecule has 2 aromatic carbocycles. The van der Waals surface area contributed by atoms with Crippen molar-refractivity contribution in [3.8, 4) is 17.0 Å². The number of carbonyl (C=O) groups excluding carboxylic acids is 1. The molecule has 0 unspecified atom stereocenters. The second-order valence-electron chi connectivity index (χ2n) is 11.4. The lowest BCUT2D eigenvalue weighted by atomic mass is 9.88. The van der Waals surface area contributed by atoms with E-state index >= 15 is 0 Å². The molecule has 1 aliphatic heterocycles. The predicted octanol–water partition coefficient (Wildman–Crippen LogP) is 5.99. The molecule has 1 saturated carbocycles. The largest absolute Gasteiger partial charge is 0.473 e. The summed E-state index contributed by atoms with van der Waals surface area (Å²) in [6.45, 7) is 3.73. The number of rotatable bonds is 8. The topological polar surface area (TPSA) is 72.3 Å². The summed E-state index contributed by atoms with van der Waals surface area (Å²) >= 11 is 0. The molecule has 1 aliphatic carbocycles. The number of pyridine rings is 1. The first kappa shape index (κ1) is 26.5. The van der Waals surface area contributed by atoms with Crippen LogP contribution in [0.3, 0.4) is 0 Å². The van der Waals surface area contributed by atoms with E-state index in [-0.39, 0.29) is 11.9 Å². The SMILES string of the molecule is Cn1nc(C(=O)NC2CCN(CC3CCCCC3)CC2)c2ccc(OCc3ccccc3-c3ccccc3)nc21. The summed E-state index contributed by atoms with van der Waals surface area (Å²) in [6, 6.07) is 22.5. The van der Waals surface area contributed by atoms with Gasteiger partial charge in [-0.1, -0.05) is 73.9 Å². The number of aryl methyl sites for hydroxylation is 1. The van der Waals surface area contributed by atoms with E-state index in [2.05, 4.69) is 39.6 Å². The predicted molar refractivity (Wildman–Crippen MR) is 158 cm³/mol. The van der Waals surface area contributed by atoms with Gasteiger partial charge in [0, 0.05) is 38.8 Å². The van der Waals surface area contributed by atoms with E-state index < -0.39 is 0 Å². The molecule has 0 atom stereocenters. The molecule has 0 bridgehead atoms. The third kappa shape index (κ3) is 6.04. The molecule has 3 heterocycles.